The average molecular weight is 274 g/mol. The third-order valence-electron chi connectivity index (χ3n) is 2.82. The van der Waals surface area contributed by atoms with E-state index >= 15 is 0 Å². The number of carboxylic acid groups (broad SMARTS) is 1. The van der Waals surface area contributed by atoms with Gasteiger partial charge in [0.15, 0.2) is 0 Å². The zero-order valence-corrected chi connectivity index (χ0v) is 12.7. The van der Waals surface area contributed by atoms with Gasteiger partial charge in [-0.1, -0.05) is 0 Å². The quantitative estimate of drug-likeness (QED) is 0.772. The molecule has 0 aromatic heterocycles. The zero-order valence-electron chi connectivity index (χ0n) is 12.7. The molecule has 0 aromatic carbocycles. The zero-order chi connectivity index (χ0) is 15.3. The Labute approximate surface area is 115 Å². The van der Waals surface area contributed by atoms with Crippen molar-refractivity contribution in [2.75, 3.05) is 20.2 Å². The lowest BCUT2D eigenvalue weighted by molar-refractivity contribution is -0.137. The number of methoxy groups -OCH3 is 1. The molecule has 19 heavy (non-hydrogen) atoms. The minimum atomic E-state index is -0.917. The smallest absolute Gasteiger partial charge is 0.317 e. The Morgan fingerprint density at radius 1 is 1.21 bits per heavy atom. The number of urea groups is 1. The predicted molar refractivity (Wildman–Crippen MR) is 73.2 cm³/mol. The van der Waals surface area contributed by atoms with E-state index in [0.29, 0.717) is 6.54 Å². The van der Waals surface area contributed by atoms with Gasteiger partial charge in [-0.05, 0) is 34.6 Å². The Morgan fingerprint density at radius 2 is 1.74 bits per heavy atom. The largest absolute Gasteiger partial charge is 0.481 e. The maximum absolute atomic E-state index is 12.1. The van der Waals surface area contributed by atoms with Gasteiger partial charge >= 0.3 is 12.0 Å². The molecule has 0 aliphatic carbocycles. The van der Waals surface area contributed by atoms with Crippen molar-refractivity contribution in [1.82, 2.24) is 10.2 Å². The Morgan fingerprint density at radius 3 is 2.11 bits per heavy atom. The number of hydrogen-bond donors (Lipinski definition) is 2. The summed E-state index contributed by atoms with van der Waals surface area (Å²) in [5.41, 5.74) is -0.886. The summed E-state index contributed by atoms with van der Waals surface area (Å²) in [5, 5.41) is 11.5. The molecule has 0 rings (SSSR count). The summed E-state index contributed by atoms with van der Waals surface area (Å²) >= 11 is 0. The summed E-state index contributed by atoms with van der Waals surface area (Å²) in [6.45, 7) is 9.89. The first-order valence-electron chi connectivity index (χ1n) is 6.32. The van der Waals surface area contributed by atoms with E-state index in [1.54, 1.807) is 7.11 Å². The van der Waals surface area contributed by atoms with E-state index in [9.17, 15) is 9.59 Å². The second kappa shape index (κ2) is 6.75. The second-order valence-corrected chi connectivity index (χ2v) is 6.09. The van der Waals surface area contributed by atoms with Gasteiger partial charge in [-0.2, -0.15) is 0 Å². The lowest BCUT2D eigenvalue weighted by Crippen LogP contribution is -2.53. The summed E-state index contributed by atoms with van der Waals surface area (Å²) in [5.74, 6) is -0.917. The summed E-state index contributed by atoms with van der Waals surface area (Å²) in [6, 6.07) is -0.279. The van der Waals surface area contributed by atoms with E-state index < -0.39 is 17.1 Å². The van der Waals surface area contributed by atoms with Crippen LogP contribution in [0.25, 0.3) is 0 Å². The number of nitrogens with zero attached hydrogens (tertiary/aromatic N) is 1. The Bertz CT molecular complexity index is 321. The number of carbonyl (C=O) groups is 2. The van der Waals surface area contributed by atoms with Crippen molar-refractivity contribution in [3.05, 3.63) is 0 Å². The standard InChI is InChI=1S/C13H26N2O4/c1-12(2,3)15(8-7-10(16)17)11(18)14-9-13(4,5)19-6/h7-9H2,1-6H3,(H,14,18)(H,16,17). The molecule has 0 aromatic rings. The number of hydrogen-bond acceptors (Lipinski definition) is 3. The van der Waals surface area contributed by atoms with Crippen LogP contribution < -0.4 is 5.32 Å². The first-order valence-corrected chi connectivity index (χ1v) is 6.32. The van der Waals surface area contributed by atoms with Crippen molar-refractivity contribution < 1.29 is 19.4 Å². The first-order chi connectivity index (χ1) is 8.49. The SMILES string of the molecule is COC(C)(C)CNC(=O)N(CCC(=O)O)C(C)(C)C. The summed E-state index contributed by atoms with van der Waals surface area (Å²) < 4.78 is 5.22. The van der Waals surface area contributed by atoms with Crippen LogP contribution in [0.4, 0.5) is 4.79 Å². The molecule has 0 aliphatic rings. The fourth-order valence-corrected chi connectivity index (χ4v) is 1.41. The third kappa shape index (κ3) is 7.00. The Balaban J connectivity index is 4.60. The van der Waals surface area contributed by atoms with Gasteiger partial charge < -0.3 is 20.1 Å². The fraction of sp³-hybridized carbons (Fsp3) is 0.846. The van der Waals surface area contributed by atoms with Gasteiger partial charge in [-0.25, -0.2) is 4.79 Å². The van der Waals surface area contributed by atoms with Crippen LogP contribution in [0.3, 0.4) is 0 Å². The number of amides is 2. The van der Waals surface area contributed by atoms with Crippen molar-refractivity contribution in [2.45, 2.75) is 52.2 Å². The minimum Gasteiger partial charge on any atom is -0.481 e. The molecule has 6 heteroatoms. The molecule has 0 radical (unpaired) electrons. The van der Waals surface area contributed by atoms with Gasteiger partial charge in [-0.3, -0.25) is 4.79 Å². The fourth-order valence-electron chi connectivity index (χ4n) is 1.41. The Kier molecular flexibility index (Phi) is 6.29. The van der Waals surface area contributed by atoms with Crippen molar-refractivity contribution in [3.8, 4) is 0 Å². The van der Waals surface area contributed by atoms with E-state index in [-0.39, 0.29) is 19.0 Å². The highest BCUT2D eigenvalue weighted by Crippen LogP contribution is 2.14. The van der Waals surface area contributed by atoms with E-state index in [2.05, 4.69) is 5.32 Å². The number of ether oxygens (including phenoxy) is 1. The van der Waals surface area contributed by atoms with Crippen molar-refractivity contribution in [2.24, 2.45) is 0 Å². The van der Waals surface area contributed by atoms with E-state index in [0.717, 1.165) is 0 Å². The average Bonchev–Trinajstić information content (AvgIpc) is 2.24. The number of aliphatic carboxylic acids is 1. The lowest BCUT2D eigenvalue weighted by Gasteiger charge is -2.36. The molecule has 0 heterocycles. The first kappa shape index (κ1) is 17.7. The maximum atomic E-state index is 12.1. The van der Waals surface area contributed by atoms with Gasteiger partial charge in [-0.15, -0.1) is 0 Å². The van der Waals surface area contributed by atoms with Crippen LogP contribution in [-0.4, -0.2) is 53.3 Å². The van der Waals surface area contributed by atoms with Crippen LogP contribution in [0, 0.1) is 0 Å². The minimum absolute atomic E-state index is 0.0711. The van der Waals surface area contributed by atoms with Crippen LogP contribution in [0.5, 0.6) is 0 Å². The molecule has 2 amide bonds. The van der Waals surface area contributed by atoms with E-state index in [4.69, 9.17) is 9.84 Å². The number of nitrogens with one attached hydrogen (secondary N) is 1. The number of carboxylic acids is 1. The summed E-state index contributed by atoms with van der Waals surface area (Å²) in [6.07, 6.45) is -0.0711. The monoisotopic (exact) mass is 274 g/mol. The van der Waals surface area contributed by atoms with Crippen LogP contribution in [0.15, 0.2) is 0 Å². The molecule has 0 atom stereocenters. The van der Waals surface area contributed by atoms with Crippen molar-refractivity contribution >= 4 is 12.0 Å². The van der Waals surface area contributed by atoms with Crippen molar-refractivity contribution in [3.63, 3.8) is 0 Å². The molecule has 0 spiro atoms. The van der Waals surface area contributed by atoms with Crippen LogP contribution in [0.1, 0.15) is 41.0 Å². The number of carbonyl (C=O) groups excluding carboxylic acids is 1. The molecule has 6 nitrogen and oxygen atoms in total. The topological polar surface area (TPSA) is 78.9 Å². The van der Waals surface area contributed by atoms with Crippen LogP contribution in [0.2, 0.25) is 0 Å². The van der Waals surface area contributed by atoms with Gasteiger partial charge in [0.25, 0.3) is 0 Å². The molecule has 0 bridgehead atoms. The molecule has 2 N–H and O–H groups in total. The molecule has 0 saturated heterocycles. The van der Waals surface area contributed by atoms with E-state index in [1.807, 2.05) is 34.6 Å². The lowest BCUT2D eigenvalue weighted by atomic mass is 10.1. The predicted octanol–water partition coefficient (Wildman–Crippen LogP) is 1.70. The summed E-state index contributed by atoms with van der Waals surface area (Å²) in [4.78, 5) is 24.3. The van der Waals surface area contributed by atoms with Crippen molar-refractivity contribution in [1.29, 1.82) is 0 Å². The highest BCUT2D eigenvalue weighted by molar-refractivity contribution is 5.76. The molecule has 0 aliphatic heterocycles. The maximum Gasteiger partial charge on any atom is 0.317 e. The molecule has 0 fully saturated rings. The molecular formula is C13H26N2O4. The molecule has 0 unspecified atom stereocenters. The second-order valence-electron chi connectivity index (χ2n) is 6.09. The molecule has 0 saturated carbocycles. The van der Waals surface area contributed by atoms with Gasteiger partial charge in [0.1, 0.15) is 0 Å². The van der Waals surface area contributed by atoms with Gasteiger partial charge in [0.05, 0.1) is 12.0 Å². The normalized spacial score (nSPS) is 12.1. The third-order valence-corrected chi connectivity index (χ3v) is 2.82. The van der Waals surface area contributed by atoms with Crippen LogP contribution in [-0.2, 0) is 9.53 Å². The van der Waals surface area contributed by atoms with E-state index in [1.165, 1.54) is 4.90 Å². The number of rotatable bonds is 6. The van der Waals surface area contributed by atoms with Gasteiger partial charge in [0.2, 0.25) is 0 Å². The molecular weight excluding hydrogens is 248 g/mol. The highest BCUT2D eigenvalue weighted by atomic mass is 16.5. The van der Waals surface area contributed by atoms with Gasteiger partial charge in [0, 0.05) is 25.7 Å². The Hall–Kier alpha value is -1.30. The van der Waals surface area contributed by atoms with Crippen LogP contribution >= 0.6 is 0 Å². The molecule has 112 valence electrons. The summed E-state index contributed by atoms with van der Waals surface area (Å²) in [7, 11) is 1.58. The highest BCUT2D eigenvalue weighted by Gasteiger charge is 2.28.